The van der Waals surface area contributed by atoms with E-state index in [-0.39, 0.29) is 19.0 Å². The molecular weight excluding hydrogens is 368 g/mol. The SMILES string of the molecule is O=C1c2ccccc2Cc2c(NCCNCCO)ccc(NCCNCCO)c21. The number of anilines is 2. The second-order valence-corrected chi connectivity index (χ2v) is 6.98. The lowest BCUT2D eigenvalue weighted by Crippen LogP contribution is -2.27. The summed E-state index contributed by atoms with van der Waals surface area (Å²) in [6.07, 6.45) is 0.710. The molecule has 6 N–H and O–H groups in total. The number of ketones is 1. The lowest BCUT2D eigenvalue weighted by Gasteiger charge is -2.25. The Kier molecular flexibility index (Phi) is 8.01. The van der Waals surface area contributed by atoms with Gasteiger partial charge in [-0.15, -0.1) is 0 Å². The van der Waals surface area contributed by atoms with Gasteiger partial charge in [-0.3, -0.25) is 4.79 Å². The zero-order valence-corrected chi connectivity index (χ0v) is 16.6. The van der Waals surface area contributed by atoms with Crippen molar-refractivity contribution in [1.82, 2.24) is 10.6 Å². The molecule has 156 valence electrons. The smallest absolute Gasteiger partial charge is 0.195 e. The van der Waals surface area contributed by atoms with Crippen LogP contribution in [0.4, 0.5) is 11.4 Å². The van der Waals surface area contributed by atoms with E-state index in [0.717, 1.165) is 40.2 Å². The van der Waals surface area contributed by atoms with E-state index in [4.69, 9.17) is 10.2 Å². The zero-order chi connectivity index (χ0) is 20.5. The number of nitrogens with one attached hydrogen (secondary N) is 4. The first-order valence-electron chi connectivity index (χ1n) is 10.2. The highest BCUT2D eigenvalue weighted by atomic mass is 16.3. The molecule has 2 aromatic rings. The van der Waals surface area contributed by atoms with Gasteiger partial charge in [-0.05, 0) is 23.3 Å². The summed E-state index contributed by atoms with van der Waals surface area (Å²) in [5.41, 5.74) is 5.38. The lowest BCUT2D eigenvalue weighted by atomic mass is 9.83. The minimum Gasteiger partial charge on any atom is -0.395 e. The van der Waals surface area contributed by atoms with Crippen molar-refractivity contribution in [2.75, 3.05) is 63.1 Å². The number of rotatable bonds is 12. The summed E-state index contributed by atoms with van der Waals surface area (Å²) in [6, 6.07) is 11.8. The molecule has 0 aromatic heterocycles. The summed E-state index contributed by atoms with van der Waals surface area (Å²) in [7, 11) is 0. The van der Waals surface area contributed by atoms with Crippen molar-refractivity contribution in [2.45, 2.75) is 6.42 Å². The Bertz CT molecular complexity index is 826. The normalized spacial score (nSPS) is 12.4. The molecule has 0 bridgehead atoms. The summed E-state index contributed by atoms with van der Waals surface area (Å²) >= 11 is 0. The van der Waals surface area contributed by atoms with Gasteiger partial charge in [0.15, 0.2) is 5.78 Å². The first-order valence-corrected chi connectivity index (χ1v) is 10.2. The summed E-state index contributed by atoms with van der Waals surface area (Å²) < 4.78 is 0. The molecule has 0 fully saturated rings. The minimum atomic E-state index is 0.0507. The Hall–Kier alpha value is -2.45. The monoisotopic (exact) mass is 398 g/mol. The number of aliphatic hydroxyl groups excluding tert-OH is 2. The predicted molar refractivity (Wildman–Crippen MR) is 116 cm³/mol. The molecule has 2 aromatic carbocycles. The van der Waals surface area contributed by atoms with Crippen LogP contribution >= 0.6 is 0 Å². The fraction of sp³-hybridized carbons (Fsp3) is 0.409. The Morgan fingerprint density at radius 2 is 1.38 bits per heavy atom. The average molecular weight is 399 g/mol. The average Bonchev–Trinajstić information content (AvgIpc) is 2.74. The number of benzene rings is 2. The molecule has 0 spiro atoms. The van der Waals surface area contributed by atoms with Crippen LogP contribution in [0.15, 0.2) is 36.4 Å². The summed E-state index contributed by atoms with van der Waals surface area (Å²) in [5, 5.41) is 30.8. The second-order valence-electron chi connectivity index (χ2n) is 6.98. The van der Waals surface area contributed by atoms with Crippen molar-refractivity contribution in [3.05, 3.63) is 58.7 Å². The van der Waals surface area contributed by atoms with Crippen LogP contribution in [-0.4, -0.2) is 68.5 Å². The second kappa shape index (κ2) is 10.9. The van der Waals surface area contributed by atoms with Crippen LogP contribution in [0.25, 0.3) is 0 Å². The molecule has 0 heterocycles. The van der Waals surface area contributed by atoms with Crippen LogP contribution in [0.3, 0.4) is 0 Å². The number of carbonyl (C=O) groups is 1. The van der Waals surface area contributed by atoms with Crippen LogP contribution in [0.5, 0.6) is 0 Å². The highest BCUT2D eigenvalue weighted by Crippen LogP contribution is 2.36. The highest BCUT2D eigenvalue weighted by Gasteiger charge is 2.27. The van der Waals surface area contributed by atoms with Crippen LogP contribution in [0.2, 0.25) is 0 Å². The van der Waals surface area contributed by atoms with Gasteiger partial charge in [0.2, 0.25) is 0 Å². The van der Waals surface area contributed by atoms with Crippen molar-refractivity contribution in [3.8, 4) is 0 Å². The third-order valence-electron chi connectivity index (χ3n) is 4.98. The van der Waals surface area contributed by atoms with Crippen LogP contribution < -0.4 is 21.3 Å². The highest BCUT2D eigenvalue weighted by molar-refractivity contribution is 6.16. The lowest BCUT2D eigenvalue weighted by molar-refractivity contribution is 0.103. The number of hydrogen-bond acceptors (Lipinski definition) is 7. The standard InChI is InChI=1S/C22H30N4O3/c27-13-11-23-7-9-25-19-5-6-20(26-10-8-24-12-14-28)21-18(19)15-16-3-1-2-4-17(16)22(21)29/h1-6,23-28H,7-15H2. The Morgan fingerprint density at radius 3 is 2.07 bits per heavy atom. The Balaban J connectivity index is 1.80. The van der Waals surface area contributed by atoms with Gasteiger partial charge in [0.1, 0.15) is 0 Å². The third kappa shape index (κ3) is 5.33. The minimum absolute atomic E-state index is 0.0507. The van der Waals surface area contributed by atoms with Crippen LogP contribution in [0, 0.1) is 0 Å². The van der Waals surface area contributed by atoms with Crippen molar-refractivity contribution in [1.29, 1.82) is 0 Å². The molecule has 7 nitrogen and oxygen atoms in total. The maximum absolute atomic E-state index is 13.3. The molecular formula is C22H30N4O3. The predicted octanol–water partition coefficient (Wildman–Crippen LogP) is 0.809. The largest absolute Gasteiger partial charge is 0.395 e. The van der Waals surface area contributed by atoms with Gasteiger partial charge in [-0.2, -0.15) is 0 Å². The van der Waals surface area contributed by atoms with Gasteiger partial charge >= 0.3 is 0 Å². The maximum Gasteiger partial charge on any atom is 0.195 e. The summed E-state index contributed by atoms with van der Waals surface area (Å²) in [5.74, 6) is 0.0507. The van der Waals surface area contributed by atoms with Gasteiger partial charge < -0.3 is 31.5 Å². The fourth-order valence-electron chi connectivity index (χ4n) is 3.60. The van der Waals surface area contributed by atoms with E-state index in [0.29, 0.717) is 39.1 Å². The zero-order valence-electron chi connectivity index (χ0n) is 16.6. The molecule has 1 aliphatic rings. The summed E-state index contributed by atoms with van der Waals surface area (Å²) in [6.45, 7) is 4.16. The number of aliphatic hydroxyl groups is 2. The van der Waals surface area contributed by atoms with Crippen molar-refractivity contribution in [3.63, 3.8) is 0 Å². The molecule has 1 aliphatic carbocycles. The van der Waals surface area contributed by atoms with Gasteiger partial charge in [-0.25, -0.2) is 0 Å². The molecule has 0 saturated heterocycles. The van der Waals surface area contributed by atoms with Gasteiger partial charge in [0.05, 0.1) is 18.8 Å². The fourth-order valence-corrected chi connectivity index (χ4v) is 3.60. The molecule has 0 amide bonds. The molecule has 0 atom stereocenters. The molecule has 7 heteroatoms. The van der Waals surface area contributed by atoms with Crippen LogP contribution in [0.1, 0.15) is 27.0 Å². The van der Waals surface area contributed by atoms with Crippen molar-refractivity contribution >= 4 is 17.2 Å². The molecule has 29 heavy (non-hydrogen) atoms. The van der Waals surface area contributed by atoms with E-state index < -0.39 is 0 Å². The van der Waals surface area contributed by atoms with Gasteiger partial charge in [0, 0.05) is 62.6 Å². The third-order valence-corrected chi connectivity index (χ3v) is 4.98. The first-order chi connectivity index (χ1) is 14.3. The number of hydrogen-bond donors (Lipinski definition) is 6. The molecule has 0 unspecified atom stereocenters. The topological polar surface area (TPSA) is 106 Å². The van der Waals surface area contributed by atoms with Gasteiger partial charge in [-0.1, -0.05) is 24.3 Å². The maximum atomic E-state index is 13.3. The Morgan fingerprint density at radius 1 is 0.759 bits per heavy atom. The summed E-state index contributed by atoms with van der Waals surface area (Å²) in [4.78, 5) is 13.3. The molecule has 3 rings (SSSR count). The quantitative estimate of drug-likeness (QED) is 0.251. The van der Waals surface area contributed by atoms with E-state index in [1.807, 2.05) is 36.4 Å². The molecule has 0 saturated carbocycles. The van der Waals surface area contributed by atoms with E-state index in [1.165, 1.54) is 0 Å². The van der Waals surface area contributed by atoms with E-state index in [2.05, 4.69) is 21.3 Å². The van der Waals surface area contributed by atoms with E-state index in [9.17, 15) is 4.79 Å². The van der Waals surface area contributed by atoms with Crippen molar-refractivity contribution < 1.29 is 15.0 Å². The molecule has 0 aliphatic heterocycles. The van der Waals surface area contributed by atoms with E-state index >= 15 is 0 Å². The number of carbonyl (C=O) groups excluding carboxylic acids is 1. The Labute approximate surface area is 171 Å². The van der Waals surface area contributed by atoms with Gasteiger partial charge in [0.25, 0.3) is 0 Å². The molecule has 0 radical (unpaired) electrons. The number of fused-ring (bicyclic) bond motifs is 2. The van der Waals surface area contributed by atoms with Crippen LogP contribution in [-0.2, 0) is 6.42 Å². The van der Waals surface area contributed by atoms with E-state index in [1.54, 1.807) is 0 Å². The first kappa shape index (κ1) is 21.3. The van der Waals surface area contributed by atoms with Crippen molar-refractivity contribution in [2.24, 2.45) is 0 Å².